The molecule has 3 N–H and O–H groups in total. The van der Waals surface area contributed by atoms with Gasteiger partial charge in [0.15, 0.2) is 0 Å². The molecule has 0 aliphatic rings. The molecule has 0 fully saturated rings. The van der Waals surface area contributed by atoms with Gasteiger partial charge in [-0.25, -0.2) is 4.98 Å². The van der Waals surface area contributed by atoms with Crippen LogP contribution < -0.4 is 11.1 Å². The molecule has 2 rings (SSSR count). The quantitative estimate of drug-likeness (QED) is 0.892. The Hall–Kier alpha value is -2.06. The van der Waals surface area contributed by atoms with E-state index in [4.69, 9.17) is 11.0 Å². The maximum absolute atomic E-state index is 9.04. The van der Waals surface area contributed by atoms with Crippen molar-refractivity contribution in [3.8, 4) is 6.07 Å². The van der Waals surface area contributed by atoms with E-state index in [1.807, 2.05) is 19.1 Å². The van der Waals surface area contributed by atoms with E-state index in [0.29, 0.717) is 22.8 Å². The van der Waals surface area contributed by atoms with Crippen LogP contribution in [0.25, 0.3) is 0 Å². The fourth-order valence-electron chi connectivity index (χ4n) is 1.50. The number of halogens is 1. The lowest BCUT2D eigenvalue weighted by Crippen LogP contribution is -1.99. The zero-order chi connectivity index (χ0) is 13.1. The number of anilines is 3. The molecule has 0 atom stereocenters. The molecule has 0 aliphatic carbocycles. The molecule has 1 aromatic carbocycles. The largest absolute Gasteiger partial charge is 0.397 e. The fourth-order valence-corrected chi connectivity index (χ4v) is 1.86. The van der Waals surface area contributed by atoms with E-state index < -0.39 is 0 Å². The zero-order valence-electron chi connectivity index (χ0n) is 9.74. The number of nitrogens with one attached hydrogen (secondary N) is 1. The van der Waals surface area contributed by atoms with E-state index in [1.54, 1.807) is 18.2 Å². The molecule has 0 aliphatic heterocycles. The van der Waals surface area contributed by atoms with Crippen molar-refractivity contribution in [3.63, 3.8) is 0 Å². The summed E-state index contributed by atoms with van der Waals surface area (Å²) in [7, 11) is 0. The van der Waals surface area contributed by atoms with Gasteiger partial charge in [-0.05, 0) is 37.3 Å². The minimum absolute atomic E-state index is 0.564. The molecule has 4 nitrogen and oxygen atoms in total. The van der Waals surface area contributed by atoms with Crippen LogP contribution in [-0.2, 0) is 0 Å². The first kappa shape index (κ1) is 12.4. The van der Waals surface area contributed by atoms with E-state index in [0.717, 1.165) is 10.2 Å². The predicted molar refractivity (Wildman–Crippen MR) is 75.5 cm³/mol. The van der Waals surface area contributed by atoms with Gasteiger partial charge in [0, 0.05) is 4.47 Å². The zero-order valence-corrected chi connectivity index (χ0v) is 11.3. The minimum Gasteiger partial charge on any atom is -0.397 e. The topological polar surface area (TPSA) is 74.7 Å². The highest BCUT2D eigenvalue weighted by molar-refractivity contribution is 9.10. The Bertz CT molecular complexity index is 631. The predicted octanol–water partition coefficient (Wildman–Crippen LogP) is 3.35. The molecule has 90 valence electrons. The summed E-state index contributed by atoms with van der Waals surface area (Å²) in [6.07, 6.45) is 0. The lowest BCUT2D eigenvalue weighted by Gasteiger charge is -2.09. The summed E-state index contributed by atoms with van der Waals surface area (Å²) in [5.41, 5.74) is 8.39. The van der Waals surface area contributed by atoms with E-state index in [-0.39, 0.29) is 0 Å². The van der Waals surface area contributed by atoms with Crippen molar-refractivity contribution in [2.24, 2.45) is 0 Å². The van der Waals surface area contributed by atoms with Crippen molar-refractivity contribution in [2.75, 3.05) is 11.1 Å². The fraction of sp³-hybridized carbons (Fsp3) is 0.0769. The molecule has 1 heterocycles. The van der Waals surface area contributed by atoms with E-state index in [9.17, 15) is 0 Å². The van der Waals surface area contributed by atoms with E-state index >= 15 is 0 Å². The molecular weight excluding hydrogens is 292 g/mol. The number of benzene rings is 1. The smallest absolute Gasteiger partial charge is 0.130 e. The Morgan fingerprint density at radius 3 is 2.78 bits per heavy atom. The molecular formula is C13H11BrN4. The normalized spacial score (nSPS) is 9.83. The number of hydrogen-bond donors (Lipinski definition) is 2. The lowest BCUT2D eigenvalue weighted by molar-refractivity contribution is 1.20. The first-order chi connectivity index (χ1) is 8.60. The van der Waals surface area contributed by atoms with Gasteiger partial charge in [-0.3, -0.25) is 0 Å². The number of pyridine rings is 1. The average Bonchev–Trinajstić information content (AvgIpc) is 2.34. The van der Waals surface area contributed by atoms with Crippen LogP contribution in [0.15, 0.2) is 34.8 Å². The van der Waals surface area contributed by atoms with Gasteiger partial charge in [0.05, 0.1) is 22.6 Å². The van der Waals surface area contributed by atoms with Gasteiger partial charge in [-0.2, -0.15) is 5.26 Å². The molecule has 0 saturated heterocycles. The van der Waals surface area contributed by atoms with Crippen LogP contribution in [-0.4, -0.2) is 4.98 Å². The van der Waals surface area contributed by atoms with Crippen LogP contribution in [0.1, 0.15) is 11.3 Å². The van der Waals surface area contributed by atoms with Crippen LogP contribution in [0, 0.1) is 18.3 Å². The number of nitriles is 1. The van der Waals surface area contributed by atoms with Gasteiger partial charge in [0.1, 0.15) is 11.9 Å². The highest BCUT2D eigenvalue weighted by Gasteiger charge is 2.05. The van der Waals surface area contributed by atoms with Crippen molar-refractivity contribution in [3.05, 3.63) is 46.1 Å². The van der Waals surface area contributed by atoms with Crippen molar-refractivity contribution >= 4 is 33.1 Å². The Morgan fingerprint density at radius 2 is 2.11 bits per heavy atom. The number of nitrogens with two attached hydrogens (primary N) is 1. The second-order valence-corrected chi connectivity index (χ2v) is 4.71. The average molecular weight is 303 g/mol. The summed E-state index contributed by atoms with van der Waals surface area (Å²) in [5.74, 6) is 0.663. The van der Waals surface area contributed by atoms with Crippen LogP contribution in [0.3, 0.4) is 0 Å². The van der Waals surface area contributed by atoms with Gasteiger partial charge < -0.3 is 11.1 Å². The van der Waals surface area contributed by atoms with Gasteiger partial charge in [-0.15, -0.1) is 0 Å². The monoisotopic (exact) mass is 302 g/mol. The van der Waals surface area contributed by atoms with Gasteiger partial charge in [0.25, 0.3) is 0 Å². The van der Waals surface area contributed by atoms with Crippen LogP contribution in [0.5, 0.6) is 0 Å². The second kappa shape index (κ2) is 5.07. The summed E-state index contributed by atoms with van der Waals surface area (Å²) >= 11 is 3.38. The maximum atomic E-state index is 9.04. The number of nitrogens with zero attached hydrogens (tertiary/aromatic N) is 2. The third kappa shape index (κ3) is 2.60. The van der Waals surface area contributed by atoms with Crippen LogP contribution >= 0.6 is 15.9 Å². The molecule has 0 saturated carbocycles. The Morgan fingerprint density at radius 1 is 1.33 bits per heavy atom. The maximum Gasteiger partial charge on any atom is 0.130 e. The molecule has 0 bridgehead atoms. The number of hydrogen-bond acceptors (Lipinski definition) is 4. The number of nitrogen functional groups attached to an aromatic ring is 1. The standard InChI is InChI=1S/C13H11BrN4/c1-8-11(16)4-5-13(17-8)18-12-6-10(14)3-2-9(12)7-15/h2-6H,16H2,1H3,(H,17,18). The second-order valence-electron chi connectivity index (χ2n) is 3.80. The highest BCUT2D eigenvalue weighted by Crippen LogP contribution is 2.24. The van der Waals surface area contributed by atoms with E-state index in [1.165, 1.54) is 0 Å². The number of rotatable bonds is 2. The third-order valence-electron chi connectivity index (χ3n) is 2.49. The third-order valence-corrected chi connectivity index (χ3v) is 2.98. The molecule has 5 heteroatoms. The number of aromatic nitrogens is 1. The summed E-state index contributed by atoms with van der Waals surface area (Å²) in [6, 6.07) is 11.1. The molecule has 18 heavy (non-hydrogen) atoms. The molecule has 1 aromatic heterocycles. The van der Waals surface area contributed by atoms with Gasteiger partial charge in [0.2, 0.25) is 0 Å². The molecule has 0 amide bonds. The first-order valence-corrected chi connectivity index (χ1v) is 6.09. The summed E-state index contributed by atoms with van der Waals surface area (Å²) < 4.78 is 0.899. The SMILES string of the molecule is Cc1nc(Nc2cc(Br)ccc2C#N)ccc1N. The Balaban J connectivity index is 2.36. The Labute approximate surface area is 114 Å². The molecule has 2 aromatic rings. The summed E-state index contributed by atoms with van der Waals surface area (Å²) in [6.45, 7) is 1.84. The van der Waals surface area contributed by atoms with Crippen molar-refractivity contribution in [1.82, 2.24) is 4.98 Å². The molecule has 0 spiro atoms. The summed E-state index contributed by atoms with van der Waals surface area (Å²) in [4.78, 5) is 4.31. The minimum atomic E-state index is 0.564. The van der Waals surface area contributed by atoms with Crippen molar-refractivity contribution in [1.29, 1.82) is 5.26 Å². The summed E-state index contributed by atoms with van der Waals surface area (Å²) in [5, 5.41) is 12.2. The lowest BCUT2D eigenvalue weighted by atomic mass is 10.2. The van der Waals surface area contributed by atoms with Crippen LogP contribution in [0.4, 0.5) is 17.2 Å². The highest BCUT2D eigenvalue weighted by atomic mass is 79.9. The first-order valence-electron chi connectivity index (χ1n) is 5.30. The molecule has 0 radical (unpaired) electrons. The van der Waals surface area contributed by atoms with Crippen molar-refractivity contribution < 1.29 is 0 Å². The van der Waals surface area contributed by atoms with E-state index in [2.05, 4.69) is 32.3 Å². The van der Waals surface area contributed by atoms with Crippen LogP contribution in [0.2, 0.25) is 0 Å². The molecule has 0 unspecified atom stereocenters. The Kier molecular flexibility index (Phi) is 3.49. The van der Waals surface area contributed by atoms with Gasteiger partial charge in [-0.1, -0.05) is 15.9 Å². The number of aryl methyl sites for hydroxylation is 1. The van der Waals surface area contributed by atoms with Gasteiger partial charge >= 0.3 is 0 Å². The van der Waals surface area contributed by atoms with Crippen molar-refractivity contribution in [2.45, 2.75) is 6.92 Å².